The maximum Gasteiger partial charge on any atom is 1.00 e. The van der Waals surface area contributed by atoms with Crippen LogP contribution in [0.15, 0.2) is 35.2 Å². The molecule has 18 heavy (non-hydrogen) atoms. The van der Waals surface area contributed by atoms with Crippen LogP contribution >= 0.6 is 0 Å². The summed E-state index contributed by atoms with van der Waals surface area (Å²) in [5.41, 5.74) is 0.233. The van der Waals surface area contributed by atoms with E-state index in [1.165, 1.54) is 6.92 Å². The van der Waals surface area contributed by atoms with E-state index in [9.17, 15) is 17.8 Å². The third-order valence-electron chi connectivity index (χ3n) is 2.59. The van der Waals surface area contributed by atoms with Gasteiger partial charge in [-0.2, -0.15) is 0 Å². The fourth-order valence-electron chi connectivity index (χ4n) is 1.95. The number of benzene rings is 2. The molecular formula is C12H9NaO4S. The van der Waals surface area contributed by atoms with Crippen molar-refractivity contribution in [2.24, 2.45) is 0 Å². The molecule has 2 rings (SSSR count). The fraction of sp³-hybridized carbons (Fsp3) is 0.0833. The summed E-state index contributed by atoms with van der Waals surface area (Å²) in [6.07, 6.45) is 0.417. The van der Waals surface area contributed by atoms with Crippen LogP contribution in [0.25, 0.3) is 10.8 Å². The molecule has 0 amide bonds. The summed E-state index contributed by atoms with van der Waals surface area (Å²) < 4.78 is 33.5. The van der Waals surface area contributed by atoms with Crippen LogP contribution in [0.5, 0.6) is 0 Å². The molecule has 0 N–H and O–H groups in total. The molecule has 0 radical (unpaired) electrons. The van der Waals surface area contributed by atoms with Gasteiger partial charge in [0.25, 0.3) is 0 Å². The SMILES string of the molecule is Cc1cc2ccccc2c(C=O)c1S(=O)(=O)[O-].[Na+]. The van der Waals surface area contributed by atoms with Gasteiger partial charge in [-0.25, -0.2) is 8.42 Å². The topological polar surface area (TPSA) is 74.3 Å². The van der Waals surface area contributed by atoms with Gasteiger partial charge in [0.15, 0.2) is 6.29 Å². The fourth-order valence-corrected chi connectivity index (χ4v) is 2.83. The average Bonchev–Trinajstić information content (AvgIpc) is 2.25. The van der Waals surface area contributed by atoms with Gasteiger partial charge in [-0.3, -0.25) is 4.79 Å². The molecule has 0 unspecified atom stereocenters. The molecule has 0 aromatic heterocycles. The van der Waals surface area contributed by atoms with E-state index in [4.69, 9.17) is 0 Å². The van der Waals surface area contributed by atoms with Crippen LogP contribution in [0.4, 0.5) is 0 Å². The van der Waals surface area contributed by atoms with Crippen LogP contribution in [-0.4, -0.2) is 19.3 Å². The van der Waals surface area contributed by atoms with Crippen molar-refractivity contribution < 1.29 is 47.3 Å². The number of rotatable bonds is 2. The Kier molecular flexibility index (Phi) is 4.69. The van der Waals surface area contributed by atoms with E-state index in [1.54, 1.807) is 30.3 Å². The zero-order valence-corrected chi connectivity index (χ0v) is 12.8. The van der Waals surface area contributed by atoms with Gasteiger partial charge in [0.05, 0.1) is 4.90 Å². The zero-order chi connectivity index (χ0) is 12.6. The standard InChI is InChI=1S/C12H10O4S.Na/c1-8-6-9-4-2-3-5-10(9)11(7-13)12(8)17(14,15)16;/h2-7H,1H3,(H,14,15,16);/q;+1/p-1. The van der Waals surface area contributed by atoms with E-state index in [2.05, 4.69) is 0 Å². The molecule has 4 nitrogen and oxygen atoms in total. The minimum absolute atomic E-state index is 0. The molecule has 0 saturated heterocycles. The van der Waals surface area contributed by atoms with Crippen LogP contribution < -0.4 is 29.6 Å². The summed E-state index contributed by atoms with van der Waals surface area (Å²) in [6, 6.07) is 8.43. The second-order valence-corrected chi connectivity index (χ2v) is 5.05. The van der Waals surface area contributed by atoms with Gasteiger partial charge in [-0.1, -0.05) is 30.3 Å². The Balaban J connectivity index is 0.00000162. The smallest absolute Gasteiger partial charge is 0.744 e. The van der Waals surface area contributed by atoms with Crippen molar-refractivity contribution in [1.29, 1.82) is 0 Å². The Morgan fingerprint density at radius 1 is 1.22 bits per heavy atom. The first-order valence-electron chi connectivity index (χ1n) is 4.88. The molecule has 0 fully saturated rings. The maximum absolute atomic E-state index is 11.2. The minimum Gasteiger partial charge on any atom is -0.744 e. The number of fused-ring (bicyclic) bond motifs is 1. The summed E-state index contributed by atoms with van der Waals surface area (Å²) in [5, 5.41) is 1.21. The Labute approximate surface area is 127 Å². The quantitative estimate of drug-likeness (QED) is 0.394. The van der Waals surface area contributed by atoms with Crippen LogP contribution in [0, 0.1) is 6.92 Å². The van der Waals surface area contributed by atoms with Crippen molar-refractivity contribution in [3.8, 4) is 0 Å². The second kappa shape index (κ2) is 5.50. The molecule has 2 aromatic rings. The van der Waals surface area contributed by atoms with E-state index >= 15 is 0 Å². The number of hydrogen-bond acceptors (Lipinski definition) is 4. The van der Waals surface area contributed by atoms with Crippen LogP contribution in [0.3, 0.4) is 0 Å². The summed E-state index contributed by atoms with van der Waals surface area (Å²) in [7, 11) is -4.65. The second-order valence-electron chi connectivity index (χ2n) is 3.73. The van der Waals surface area contributed by atoms with Crippen LogP contribution in [0.1, 0.15) is 15.9 Å². The molecule has 0 aliphatic heterocycles. The van der Waals surface area contributed by atoms with Crippen molar-refractivity contribution in [2.45, 2.75) is 11.8 Å². The van der Waals surface area contributed by atoms with Gasteiger partial charge >= 0.3 is 29.6 Å². The van der Waals surface area contributed by atoms with E-state index in [1.807, 2.05) is 0 Å². The van der Waals surface area contributed by atoms with Crippen molar-refractivity contribution >= 4 is 27.2 Å². The number of carbonyl (C=O) groups excluding carboxylic acids is 1. The summed E-state index contributed by atoms with van der Waals surface area (Å²) in [4.78, 5) is 10.6. The number of hydrogen-bond donors (Lipinski definition) is 0. The van der Waals surface area contributed by atoms with Gasteiger partial charge in [-0.05, 0) is 23.3 Å². The van der Waals surface area contributed by atoms with Crippen molar-refractivity contribution in [3.63, 3.8) is 0 Å². The Morgan fingerprint density at radius 2 is 1.83 bits per heavy atom. The van der Waals surface area contributed by atoms with Crippen molar-refractivity contribution in [2.75, 3.05) is 0 Å². The first-order chi connectivity index (χ1) is 7.95. The van der Waals surface area contributed by atoms with Crippen LogP contribution in [0.2, 0.25) is 0 Å². The summed E-state index contributed by atoms with van der Waals surface area (Å²) >= 11 is 0. The maximum atomic E-state index is 11.2. The molecule has 6 heteroatoms. The molecule has 0 aliphatic carbocycles. The van der Waals surface area contributed by atoms with Crippen molar-refractivity contribution in [1.82, 2.24) is 0 Å². The normalized spacial score (nSPS) is 11.0. The van der Waals surface area contributed by atoms with E-state index < -0.39 is 15.0 Å². The minimum atomic E-state index is -4.65. The Bertz CT molecular complexity index is 707. The predicted molar refractivity (Wildman–Crippen MR) is 62.0 cm³/mol. The molecule has 0 atom stereocenters. The van der Waals surface area contributed by atoms with Gasteiger partial charge in [0, 0.05) is 5.56 Å². The van der Waals surface area contributed by atoms with Gasteiger partial charge in [-0.15, -0.1) is 0 Å². The molecule has 2 aromatic carbocycles. The summed E-state index contributed by atoms with van der Waals surface area (Å²) in [5.74, 6) is 0. The molecule has 0 heterocycles. The number of carbonyl (C=O) groups is 1. The van der Waals surface area contributed by atoms with Gasteiger partial charge in [0.2, 0.25) is 0 Å². The Hall–Kier alpha value is -0.720. The largest absolute Gasteiger partial charge is 1.00 e. The average molecular weight is 272 g/mol. The number of aryl methyl sites for hydroxylation is 1. The Morgan fingerprint density at radius 3 is 2.39 bits per heavy atom. The molecule has 88 valence electrons. The van der Waals surface area contributed by atoms with E-state index in [0.717, 1.165) is 5.39 Å². The monoisotopic (exact) mass is 272 g/mol. The molecule has 0 aliphatic rings. The predicted octanol–water partition coefficient (Wildman–Crippen LogP) is -1.13. The van der Waals surface area contributed by atoms with Crippen LogP contribution in [-0.2, 0) is 10.1 Å². The molecule has 0 spiro atoms. The molecular weight excluding hydrogens is 263 g/mol. The number of aldehydes is 1. The third kappa shape index (κ3) is 2.65. The first-order valence-corrected chi connectivity index (χ1v) is 6.29. The summed E-state index contributed by atoms with van der Waals surface area (Å²) in [6.45, 7) is 1.50. The van der Waals surface area contributed by atoms with Crippen molar-refractivity contribution in [3.05, 3.63) is 41.5 Å². The van der Waals surface area contributed by atoms with E-state index in [0.29, 0.717) is 17.2 Å². The van der Waals surface area contributed by atoms with Gasteiger partial charge < -0.3 is 4.55 Å². The molecule has 0 saturated carbocycles. The van der Waals surface area contributed by atoms with Gasteiger partial charge in [0.1, 0.15) is 10.1 Å². The zero-order valence-electron chi connectivity index (χ0n) is 10.0. The first kappa shape index (κ1) is 15.3. The third-order valence-corrected chi connectivity index (χ3v) is 3.64. The molecule has 0 bridgehead atoms. The van der Waals surface area contributed by atoms with E-state index in [-0.39, 0.29) is 35.1 Å².